The molecule has 126 valence electrons. The molecule has 23 heavy (non-hydrogen) atoms. The van der Waals surface area contributed by atoms with Crippen molar-refractivity contribution in [3.8, 4) is 0 Å². The molecule has 3 atom stereocenters. The summed E-state index contributed by atoms with van der Waals surface area (Å²) in [5, 5.41) is 2.78. The van der Waals surface area contributed by atoms with Crippen LogP contribution in [-0.4, -0.2) is 41.1 Å². The third-order valence-electron chi connectivity index (χ3n) is 4.41. The average molecular weight is 356 g/mol. The third-order valence-corrected chi connectivity index (χ3v) is 5.59. The van der Waals surface area contributed by atoms with Gasteiger partial charge in [-0.2, -0.15) is 0 Å². The maximum absolute atomic E-state index is 12.7. The summed E-state index contributed by atoms with van der Waals surface area (Å²) in [5.74, 6) is 0.386. The molecule has 2 aliphatic rings. The van der Waals surface area contributed by atoms with Gasteiger partial charge in [0.1, 0.15) is 0 Å². The fourth-order valence-corrected chi connectivity index (χ4v) is 4.03. The SMILES string of the molecule is CC1Sc2ccc(C(=O)N3CC(CN)CC3C)cc2NC1=O.Cl. The predicted molar refractivity (Wildman–Crippen MR) is 95.3 cm³/mol. The molecular weight excluding hydrogens is 334 g/mol. The third kappa shape index (κ3) is 3.49. The molecule has 1 aromatic rings. The maximum Gasteiger partial charge on any atom is 0.254 e. The van der Waals surface area contributed by atoms with Crippen molar-refractivity contribution in [1.82, 2.24) is 4.90 Å². The van der Waals surface area contributed by atoms with Gasteiger partial charge in [-0.1, -0.05) is 0 Å². The Morgan fingerprint density at radius 2 is 2.17 bits per heavy atom. The fraction of sp³-hybridized carbons (Fsp3) is 0.500. The number of thioether (sulfide) groups is 1. The number of rotatable bonds is 2. The van der Waals surface area contributed by atoms with Crippen LogP contribution >= 0.6 is 24.2 Å². The van der Waals surface area contributed by atoms with Crippen LogP contribution in [0.2, 0.25) is 0 Å². The molecule has 1 fully saturated rings. The van der Waals surface area contributed by atoms with Gasteiger partial charge in [0.25, 0.3) is 5.91 Å². The summed E-state index contributed by atoms with van der Waals surface area (Å²) in [6, 6.07) is 5.77. The molecule has 3 N–H and O–H groups in total. The van der Waals surface area contributed by atoms with Crippen molar-refractivity contribution in [2.75, 3.05) is 18.4 Å². The monoisotopic (exact) mass is 355 g/mol. The number of carbonyl (C=O) groups is 2. The lowest BCUT2D eigenvalue weighted by molar-refractivity contribution is -0.115. The zero-order valence-electron chi connectivity index (χ0n) is 13.2. The van der Waals surface area contributed by atoms with Crippen LogP contribution in [0.15, 0.2) is 23.1 Å². The minimum Gasteiger partial charge on any atom is -0.336 e. The normalized spacial score (nSPS) is 26.3. The standard InChI is InChI=1S/C16H21N3O2S.ClH/c1-9-5-11(7-17)8-19(9)16(21)12-3-4-14-13(6-12)18-15(20)10(2)22-14;/h3-4,6,9-11H,5,7-8,17H2,1-2H3,(H,18,20);1H. The Labute approximate surface area is 146 Å². The summed E-state index contributed by atoms with van der Waals surface area (Å²) in [4.78, 5) is 27.4. The van der Waals surface area contributed by atoms with Crippen molar-refractivity contribution >= 4 is 41.7 Å². The van der Waals surface area contributed by atoms with Crippen molar-refractivity contribution < 1.29 is 9.59 Å². The summed E-state index contributed by atoms with van der Waals surface area (Å²) in [6.45, 7) is 5.26. The number of nitrogens with two attached hydrogens (primary N) is 1. The molecule has 0 spiro atoms. The number of anilines is 1. The first-order chi connectivity index (χ1) is 10.5. The van der Waals surface area contributed by atoms with Crippen LogP contribution in [0.25, 0.3) is 0 Å². The molecule has 3 unspecified atom stereocenters. The highest BCUT2D eigenvalue weighted by atomic mass is 35.5. The van der Waals surface area contributed by atoms with Gasteiger partial charge in [0, 0.05) is 23.0 Å². The topological polar surface area (TPSA) is 75.4 Å². The second kappa shape index (κ2) is 7.11. The first-order valence-electron chi connectivity index (χ1n) is 7.62. The molecule has 2 amide bonds. The van der Waals surface area contributed by atoms with Gasteiger partial charge in [-0.05, 0) is 50.9 Å². The molecule has 0 aliphatic carbocycles. The fourth-order valence-electron chi connectivity index (χ4n) is 3.10. The number of hydrogen-bond acceptors (Lipinski definition) is 4. The van der Waals surface area contributed by atoms with Crippen LogP contribution in [-0.2, 0) is 4.79 Å². The van der Waals surface area contributed by atoms with E-state index in [1.54, 1.807) is 6.07 Å². The van der Waals surface area contributed by atoms with E-state index in [1.807, 2.05) is 24.0 Å². The van der Waals surface area contributed by atoms with E-state index in [9.17, 15) is 9.59 Å². The largest absolute Gasteiger partial charge is 0.336 e. The van der Waals surface area contributed by atoms with Gasteiger partial charge in [-0.3, -0.25) is 9.59 Å². The van der Waals surface area contributed by atoms with Crippen molar-refractivity contribution in [2.24, 2.45) is 11.7 Å². The second-order valence-electron chi connectivity index (χ2n) is 6.10. The van der Waals surface area contributed by atoms with Gasteiger partial charge in [0.05, 0.1) is 10.9 Å². The van der Waals surface area contributed by atoms with Gasteiger partial charge < -0.3 is 16.0 Å². The Morgan fingerprint density at radius 1 is 1.43 bits per heavy atom. The van der Waals surface area contributed by atoms with Crippen LogP contribution in [0.4, 0.5) is 5.69 Å². The zero-order valence-corrected chi connectivity index (χ0v) is 14.9. The predicted octanol–water partition coefficient (Wildman–Crippen LogP) is 2.35. The second-order valence-corrected chi connectivity index (χ2v) is 7.49. The quantitative estimate of drug-likeness (QED) is 0.853. The molecule has 0 bridgehead atoms. The Bertz CT molecular complexity index is 625. The van der Waals surface area contributed by atoms with E-state index in [0.717, 1.165) is 17.0 Å². The van der Waals surface area contributed by atoms with Crippen LogP contribution in [0, 0.1) is 5.92 Å². The lowest BCUT2D eigenvalue weighted by Gasteiger charge is -2.24. The molecule has 7 heteroatoms. The van der Waals surface area contributed by atoms with E-state index in [2.05, 4.69) is 12.2 Å². The maximum atomic E-state index is 12.7. The van der Waals surface area contributed by atoms with Crippen LogP contribution < -0.4 is 11.1 Å². The number of likely N-dealkylation sites (tertiary alicyclic amines) is 1. The van der Waals surface area contributed by atoms with E-state index < -0.39 is 0 Å². The number of amides is 2. The summed E-state index contributed by atoms with van der Waals surface area (Å²) >= 11 is 1.52. The molecule has 2 heterocycles. The summed E-state index contributed by atoms with van der Waals surface area (Å²) in [5.41, 5.74) is 7.09. The summed E-state index contributed by atoms with van der Waals surface area (Å²) in [6.07, 6.45) is 0.956. The lowest BCUT2D eigenvalue weighted by Crippen LogP contribution is -2.34. The van der Waals surface area contributed by atoms with Crippen molar-refractivity contribution in [3.05, 3.63) is 23.8 Å². The van der Waals surface area contributed by atoms with E-state index in [-0.39, 0.29) is 35.5 Å². The molecule has 0 radical (unpaired) electrons. The van der Waals surface area contributed by atoms with Gasteiger partial charge in [0.2, 0.25) is 5.91 Å². The lowest BCUT2D eigenvalue weighted by atomic mass is 10.1. The molecule has 0 aromatic heterocycles. The minimum absolute atomic E-state index is 0. The van der Waals surface area contributed by atoms with Crippen LogP contribution in [0.3, 0.4) is 0 Å². The van der Waals surface area contributed by atoms with Crippen LogP contribution in [0.5, 0.6) is 0 Å². The highest BCUT2D eigenvalue weighted by Gasteiger charge is 2.32. The van der Waals surface area contributed by atoms with Crippen molar-refractivity contribution in [3.63, 3.8) is 0 Å². The Morgan fingerprint density at radius 3 is 2.83 bits per heavy atom. The van der Waals surface area contributed by atoms with Gasteiger partial charge in [-0.15, -0.1) is 24.2 Å². The average Bonchev–Trinajstić information content (AvgIpc) is 2.88. The molecule has 1 aromatic carbocycles. The highest BCUT2D eigenvalue weighted by molar-refractivity contribution is 8.00. The van der Waals surface area contributed by atoms with Gasteiger partial charge in [-0.25, -0.2) is 0 Å². The Hall–Kier alpha value is -1.24. The number of nitrogens with zero attached hydrogens (tertiary/aromatic N) is 1. The minimum atomic E-state index is -0.0991. The highest BCUT2D eigenvalue weighted by Crippen LogP contribution is 2.36. The zero-order chi connectivity index (χ0) is 15.9. The Kier molecular flexibility index (Phi) is 5.60. The number of nitrogens with one attached hydrogen (secondary N) is 1. The summed E-state index contributed by atoms with van der Waals surface area (Å²) in [7, 11) is 0. The van der Waals surface area contributed by atoms with Gasteiger partial charge in [0.15, 0.2) is 0 Å². The first-order valence-corrected chi connectivity index (χ1v) is 8.50. The number of benzene rings is 1. The van der Waals surface area contributed by atoms with Crippen LogP contribution in [0.1, 0.15) is 30.6 Å². The van der Waals surface area contributed by atoms with Crippen molar-refractivity contribution in [1.29, 1.82) is 0 Å². The first kappa shape index (κ1) is 18.1. The van der Waals surface area contributed by atoms with E-state index >= 15 is 0 Å². The van der Waals surface area contributed by atoms with E-state index in [4.69, 9.17) is 5.73 Å². The van der Waals surface area contributed by atoms with E-state index in [0.29, 0.717) is 24.6 Å². The Balaban J connectivity index is 0.00000192. The molecular formula is C16H22ClN3O2S. The summed E-state index contributed by atoms with van der Waals surface area (Å²) < 4.78 is 0. The molecule has 1 saturated heterocycles. The number of hydrogen-bond donors (Lipinski definition) is 2. The molecule has 5 nitrogen and oxygen atoms in total. The van der Waals surface area contributed by atoms with Crippen molar-refractivity contribution in [2.45, 2.75) is 36.5 Å². The molecule has 0 saturated carbocycles. The number of fused-ring (bicyclic) bond motifs is 1. The van der Waals surface area contributed by atoms with Gasteiger partial charge >= 0.3 is 0 Å². The van der Waals surface area contributed by atoms with E-state index in [1.165, 1.54) is 11.8 Å². The smallest absolute Gasteiger partial charge is 0.254 e. The molecule has 2 aliphatic heterocycles. The number of carbonyl (C=O) groups excluding carboxylic acids is 2. The number of halogens is 1. The molecule has 3 rings (SSSR count).